The zero-order chi connectivity index (χ0) is 15.2. The fourth-order valence-electron chi connectivity index (χ4n) is 2.09. The highest BCUT2D eigenvalue weighted by Gasteiger charge is 2.16. The number of ether oxygens (including phenoxy) is 1. The largest absolute Gasteiger partial charge is 0.497 e. The molecular weight excluding hydrogens is 271 g/mol. The summed E-state index contributed by atoms with van der Waals surface area (Å²) < 4.78 is 18.4. The van der Waals surface area contributed by atoms with Crippen molar-refractivity contribution in [1.82, 2.24) is 5.32 Å². The molecule has 110 valence electrons. The molecule has 2 rings (SSSR count). The number of amides is 1. The van der Waals surface area contributed by atoms with Gasteiger partial charge in [0.15, 0.2) is 0 Å². The van der Waals surface area contributed by atoms with Gasteiger partial charge in [0.25, 0.3) is 0 Å². The molecule has 5 heteroatoms. The van der Waals surface area contributed by atoms with Gasteiger partial charge in [-0.05, 0) is 23.3 Å². The van der Waals surface area contributed by atoms with Gasteiger partial charge in [-0.25, -0.2) is 4.39 Å². The Morgan fingerprint density at radius 1 is 1.29 bits per heavy atom. The van der Waals surface area contributed by atoms with Gasteiger partial charge in [-0.15, -0.1) is 0 Å². The van der Waals surface area contributed by atoms with Crippen LogP contribution in [0.4, 0.5) is 4.39 Å². The molecule has 0 radical (unpaired) electrons. The van der Waals surface area contributed by atoms with E-state index in [1.54, 1.807) is 6.07 Å². The lowest BCUT2D eigenvalue weighted by Crippen LogP contribution is -2.33. The van der Waals surface area contributed by atoms with Crippen LogP contribution in [-0.2, 0) is 11.3 Å². The third-order valence-corrected chi connectivity index (χ3v) is 3.09. The molecule has 0 aliphatic carbocycles. The van der Waals surface area contributed by atoms with E-state index in [1.165, 1.54) is 19.2 Å². The fraction of sp³-hybridized carbons (Fsp3) is 0.188. The topological polar surface area (TPSA) is 64.3 Å². The number of halogens is 1. The summed E-state index contributed by atoms with van der Waals surface area (Å²) in [5.74, 6) is -0.437. The highest BCUT2D eigenvalue weighted by molar-refractivity contribution is 5.81. The summed E-state index contributed by atoms with van der Waals surface area (Å²) in [5.41, 5.74) is 6.87. The minimum Gasteiger partial charge on any atom is -0.497 e. The van der Waals surface area contributed by atoms with Gasteiger partial charge in [-0.3, -0.25) is 10.1 Å². The smallest absolute Gasteiger partial charge is 0.239 e. The maximum absolute atomic E-state index is 13.4. The van der Waals surface area contributed by atoms with Crippen molar-refractivity contribution in [3.05, 3.63) is 65.5 Å². The number of carbonyl (C=O) groups is 1. The van der Waals surface area contributed by atoms with Crippen molar-refractivity contribution in [3.63, 3.8) is 0 Å². The van der Waals surface area contributed by atoms with E-state index in [9.17, 15) is 9.18 Å². The predicted octanol–water partition coefficient (Wildman–Crippen LogP) is 2.15. The molecule has 0 saturated carbocycles. The van der Waals surface area contributed by atoms with Crippen molar-refractivity contribution in [2.75, 3.05) is 7.11 Å². The van der Waals surface area contributed by atoms with Crippen LogP contribution in [0.2, 0.25) is 0 Å². The number of primary amides is 1. The van der Waals surface area contributed by atoms with Crippen molar-refractivity contribution in [2.45, 2.75) is 12.6 Å². The zero-order valence-electron chi connectivity index (χ0n) is 11.7. The zero-order valence-corrected chi connectivity index (χ0v) is 11.7. The standard InChI is InChI=1S/C16H17FN2O2/c1-21-14-8-11(7-13(17)9-14)10-19-15(16(18)20)12-5-3-2-4-6-12/h2-9,15,19H,10H2,1H3,(H2,18,20)/t15-/m0/s1. The summed E-state index contributed by atoms with van der Waals surface area (Å²) in [4.78, 5) is 11.6. The molecule has 0 aromatic heterocycles. The van der Waals surface area contributed by atoms with E-state index < -0.39 is 11.9 Å². The van der Waals surface area contributed by atoms with Crippen LogP contribution in [0.15, 0.2) is 48.5 Å². The monoisotopic (exact) mass is 288 g/mol. The number of rotatable bonds is 6. The Morgan fingerprint density at radius 3 is 2.62 bits per heavy atom. The Labute approximate surface area is 122 Å². The third kappa shape index (κ3) is 4.03. The lowest BCUT2D eigenvalue weighted by Gasteiger charge is -2.16. The SMILES string of the molecule is COc1cc(F)cc(CN[C@H](C(N)=O)c2ccccc2)c1. The van der Waals surface area contributed by atoms with Gasteiger partial charge in [0.05, 0.1) is 7.11 Å². The van der Waals surface area contributed by atoms with Crippen LogP contribution in [0.5, 0.6) is 5.75 Å². The summed E-state index contributed by atoms with van der Waals surface area (Å²) in [7, 11) is 1.47. The van der Waals surface area contributed by atoms with Gasteiger partial charge in [0.2, 0.25) is 5.91 Å². The highest BCUT2D eigenvalue weighted by Crippen LogP contribution is 2.18. The molecule has 0 heterocycles. The Balaban J connectivity index is 2.13. The first-order chi connectivity index (χ1) is 10.1. The molecule has 0 spiro atoms. The molecule has 0 aliphatic heterocycles. The van der Waals surface area contributed by atoms with Crippen LogP contribution < -0.4 is 15.8 Å². The molecule has 0 bridgehead atoms. The molecule has 2 aromatic rings. The van der Waals surface area contributed by atoms with E-state index in [4.69, 9.17) is 10.5 Å². The average Bonchev–Trinajstić information content (AvgIpc) is 2.47. The second-order valence-corrected chi connectivity index (χ2v) is 4.63. The van der Waals surface area contributed by atoms with E-state index >= 15 is 0 Å². The summed E-state index contributed by atoms with van der Waals surface area (Å²) in [6.07, 6.45) is 0. The number of hydrogen-bond acceptors (Lipinski definition) is 3. The lowest BCUT2D eigenvalue weighted by atomic mass is 10.1. The van der Waals surface area contributed by atoms with E-state index in [-0.39, 0.29) is 5.82 Å². The molecule has 4 nitrogen and oxygen atoms in total. The first-order valence-corrected chi connectivity index (χ1v) is 6.51. The van der Waals surface area contributed by atoms with Crippen LogP contribution >= 0.6 is 0 Å². The second-order valence-electron chi connectivity index (χ2n) is 4.63. The lowest BCUT2D eigenvalue weighted by molar-refractivity contribution is -0.120. The Hall–Kier alpha value is -2.40. The molecule has 3 N–H and O–H groups in total. The molecule has 1 atom stereocenters. The van der Waals surface area contributed by atoms with E-state index in [0.717, 1.165) is 5.56 Å². The summed E-state index contributed by atoms with van der Waals surface area (Å²) in [5, 5.41) is 3.03. The van der Waals surface area contributed by atoms with E-state index in [1.807, 2.05) is 30.3 Å². The number of hydrogen-bond donors (Lipinski definition) is 2. The number of carbonyl (C=O) groups excluding carboxylic acids is 1. The quantitative estimate of drug-likeness (QED) is 0.856. The van der Waals surface area contributed by atoms with Crippen LogP contribution in [0.1, 0.15) is 17.2 Å². The molecule has 0 saturated heterocycles. The van der Waals surface area contributed by atoms with Crippen molar-refractivity contribution >= 4 is 5.91 Å². The van der Waals surface area contributed by atoms with Crippen molar-refractivity contribution in [1.29, 1.82) is 0 Å². The maximum Gasteiger partial charge on any atom is 0.239 e. The molecule has 21 heavy (non-hydrogen) atoms. The highest BCUT2D eigenvalue weighted by atomic mass is 19.1. The van der Waals surface area contributed by atoms with Crippen LogP contribution in [0.25, 0.3) is 0 Å². The summed E-state index contributed by atoms with van der Waals surface area (Å²) in [6.45, 7) is 0.302. The minimum absolute atomic E-state index is 0.302. The molecular formula is C16H17FN2O2. The summed E-state index contributed by atoms with van der Waals surface area (Å²) in [6, 6.07) is 12.9. The average molecular weight is 288 g/mol. The third-order valence-electron chi connectivity index (χ3n) is 3.09. The Kier molecular flexibility index (Phi) is 4.90. The fourth-order valence-corrected chi connectivity index (χ4v) is 2.09. The van der Waals surface area contributed by atoms with Gasteiger partial charge in [0, 0.05) is 12.6 Å². The number of nitrogens with two attached hydrogens (primary N) is 1. The molecule has 2 aromatic carbocycles. The molecule has 0 fully saturated rings. The molecule has 1 amide bonds. The normalized spacial score (nSPS) is 11.9. The second kappa shape index (κ2) is 6.85. The minimum atomic E-state index is -0.625. The first kappa shape index (κ1) is 15.0. The summed E-state index contributed by atoms with van der Waals surface area (Å²) >= 11 is 0. The molecule has 0 aliphatic rings. The van der Waals surface area contributed by atoms with Crippen molar-refractivity contribution < 1.29 is 13.9 Å². The number of nitrogens with one attached hydrogen (secondary N) is 1. The number of methoxy groups -OCH3 is 1. The van der Waals surface area contributed by atoms with Crippen molar-refractivity contribution in [2.24, 2.45) is 5.73 Å². The Bertz CT molecular complexity index is 617. The van der Waals surface area contributed by atoms with Crippen molar-refractivity contribution in [3.8, 4) is 5.75 Å². The van der Waals surface area contributed by atoms with E-state index in [2.05, 4.69) is 5.32 Å². The first-order valence-electron chi connectivity index (χ1n) is 6.51. The molecule has 0 unspecified atom stereocenters. The van der Waals surface area contributed by atoms with Crippen LogP contribution in [0.3, 0.4) is 0 Å². The van der Waals surface area contributed by atoms with Gasteiger partial charge in [-0.2, -0.15) is 0 Å². The van der Waals surface area contributed by atoms with Gasteiger partial charge in [-0.1, -0.05) is 30.3 Å². The van der Waals surface area contributed by atoms with Gasteiger partial charge >= 0.3 is 0 Å². The van der Waals surface area contributed by atoms with Crippen LogP contribution in [0, 0.1) is 5.82 Å². The van der Waals surface area contributed by atoms with Crippen LogP contribution in [-0.4, -0.2) is 13.0 Å². The van der Waals surface area contributed by atoms with E-state index in [0.29, 0.717) is 17.9 Å². The van der Waals surface area contributed by atoms with Gasteiger partial charge in [0.1, 0.15) is 17.6 Å². The van der Waals surface area contributed by atoms with Gasteiger partial charge < -0.3 is 10.5 Å². The number of benzene rings is 2. The Morgan fingerprint density at radius 2 is 2.00 bits per heavy atom. The predicted molar refractivity (Wildman–Crippen MR) is 78.2 cm³/mol. The maximum atomic E-state index is 13.4.